The molecular formula is C17H15F3N2O3S. The summed E-state index contributed by atoms with van der Waals surface area (Å²) in [5, 5.41) is 2.05. The Morgan fingerprint density at radius 1 is 1.35 bits per heavy atom. The van der Waals surface area contributed by atoms with Gasteiger partial charge in [-0.05, 0) is 31.0 Å². The van der Waals surface area contributed by atoms with Gasteiger partial charge in [0, 0.05) is 17.0 Å². The van der Waals surface area contributed by atoms with Gasteiger partial charge in [-0.15, -0.1) is 11.3 Å². The maximum Gasteiger partial charge on any atom is 0.416 e. The zero-order valence-electron chi connectivity index (χ0n) is 13.7. The molecule has 0 spiro atoms. The Balaban J connectivity index is 1.81. The average Bonchev–Trinajstić information content (AvgIpc) is 3.35. The van der Waals surface area contributed by atoms with Gasteiger partial charge in [0.05, 0.1) is 19.2 Å². The van der Waals surface area contributed by atoms with Gasteiger partial charge < -0.3 is 9.64 Å². The maximum atomic E-state index is 12.9. The second-order valence-corrected chi connectivity index (χ2v) is 6.80. The van der Waals surface area contributed by atoms with Crippen LogP contribution < -0.4 is 0 Å². The van der Waals surface area contributed by atoms with Crippen molar-refractivity contribution in [3.05, 3.63) is 51.5 Å². The Labute approximate surface area is 151 Å². The number of carbonyl (C=O) groups excluding carboxylic acids is 2. The minimum absolute atomic E-state index is 0.0172. The number of nitrogens with zero attached hydrogens (tertiary/aromatic N) is 2. The number of halogens is 3. The van der Waals surface area contributed by atoms with Crippen LogP contribution in [0.4, 0.5) is 13.2 Å². The van der Waals surface area contributed by atoms with Crippen molar-refractivity contribution in [2.45, 2.75) is 31.6 Å². The Hall–Kier alpha value is -2.42. The molecule has 0 N–H and O–H groups in total. The van der Waals surface area contributed by atoms with Crippen molar-refractivity contribution in [2.75, 3.05) is 7.11 Å². The molecule has 0 aliphatic heterocycles. The molecule has 1 aromatic carbocycles. The lowest BCUT2D eigenvalue weighted by molar-refractivity contribution is -0.137. The van der Waals surface area contributed by atoms with E-state index in [1.807, 2.05) is 0 Å². The van der Waals surface area contributed by atoms with Gasteiger partial charge >= 0.3 is 12.1 Å². The third-order valence-corrected chi connectivity index (χ3v) is 4.77. The summed E-state index contributed by atoms with van der Waals surface area (Å²) in [6.07, 6.45) is -2.93. The molecule has 1 fully saturated rings. The first-order valence-corrected chi connectivity index (χ1v) is 8.68. The molecule has 0 atom stereocenters. The summed E-state index contributed by atoms with van der Waals surface area (Å²) in [7, 11) is 1.25. The Kier molecular flexibility index (Phi) is 4.99. The lowest BCUT2D eigenvalue weighted by atomic mass is 10.1. The summed E-state index contributed by atoms with van der Waals surface area (Å²) in [5.74, 6) is -1.05. The van der Waals surface area contributed by atoms with Gasteiger partial charge in [-0.2, -0.15) is 13.2 Å². The molecule has 0 saturated heterocycles. The SMILES string of the molecule is COC(=O)c1csc(CN(C(=O)c2cccc(C(F)(F)F)c2)C2CC2)n1. The lowest BCUT2D eigenvalue weighted by Gasteiger charge is -2.21. The number of esters is 1. The highest BCUT2D eigenvalue weighted by Crippen LogP contribution is 2.33. The molecule has 9 heteroatoms. The molecule has 1 aliphatic rings. The third-order valence-electron chi connectivity index (χ3n) is 3.94. The molecule has 5 nitrogen and oxygen atoms in total. The highest BCUT2D eigenvalue weighted by Gasteiger charge is 2.35. The van der Waals surface area contributed by atoms with E-state index in [2.05, 4.69) is 9.72 Å². The number of methoxy groups -OCH3 is 1. The van der Waals surface area contributed by atoms with Crippen molar-refractivity contribution in [2.24, 2.45) is 0 Å². The van der Waals surface area contributed by atoms with Gasteiger partial charge in [0.25, 0.3) is 5.91 Å². The van der Waals surface area contributed by atoms with Gasteiger partial charge in [0.15, 0.2) is 5.69 Å². The number of amides is 1. The zero-order chi connectivity index (χ0) is 18.9. The molecule has 0 radical (unpaired) electrons. The largest absolute Gasteiger partial charge is 0.464 e. The van der Waals surface area contributed by atoms with Gasteiger partial charge in [-0.3, -0.25) is 4.79 Å². The van der Waals surface area contributed by atoms with Crippen molar-refractivity contribution in [1.29, 1.82) is 0 Å². The monoisotopic (exact) mass is 384 g/mol. The summed E-state index contributed by atoms with van der Waals surface area (Å²) < 4.78 is 43.2. The number of alkyl halides is 3. The number of aromatic nitrogens is 1. The van der Waals surface area contributed by atoms with Crippen LogP contribution in [0.3, 0.4) is 0 Å². The predicted octanol–water partition coefficient (Wildman–Crippen LogP) is 3.75. The first-order chi connectivity index (χ1) is 12.3. The van der Waals surface area contributed by atoms with E-state index in [4.69, 9.17) is 0 Å². The van der Waals surface area contributed by atoms with E-state index in [9.17, 15) is 22.8 Å². The highest BCUT2D eigenvalue weighted by atomic mass is 32.1. The van der Waals surface area contributed by atoms with Gasteiger partial charge in [-0.1, -0.05) is 6.07 Å². The quantitative estimate of drug-likeness (QED) is 0.737. The maximum absolute atomic E-state index is 12.9. The predicted molar refractivity (Wildman–Crippen MR) is 87.8 cm³/mol. The Morgan fingerprint density at radius 2 is 2.08 bits per heavy atom. The number of thiazole rings is 1. The minimum atomic E-state index is -4.51. The van der Waals surface area contributed by atoms with Crippen LogP contribution in [0.1, 0.15) is 44.3 Å². The van der Waals surface area contributed by atoms with Crippen molar-refractivity contribution in [3.63, 3.8) is 0 Å². The van der Waals surface area contributed by atoms with Crippen LogP contribution in [-0.4, -0.2) is 34.9 Å². The summed E-state index contributed by atoms with van der Waals surface area (Å²) in [6.45, 7) is 0.140. The highest BCUT2D eigenvalue weighted by molar-refractivity contribution is 7.09. The van der Waals surface area contributed by atoms with Crippen LogP contribution in [0.25, 0.3) is 0 Å². The molecule has 1 aromatic heterocycles. The smallest absolute Gasteiger partial charge is 0.416 e. The molecule has 1 saturated carbocycles. The van der Waals surface area contributed by atoms with E-state index < -0.39 is 23.6 Å². The molecule has 1 heterocycles. The second kappa shape index (κ2) is 7.06. The Bertz CT molecular complexity index is 831. The van der Waals surface area contributed by atoms with E-state index in [1.165, 1.54) is 40.9 Å². The van der Waals surface area contributed by atoms with Gasteiger partial charge in [0.2, 0.25) is 0 Å². The number of hydrogen-bond donors (Lipinski definition) is 0. The number of rotatable bonds is 5. The van der Waals surface area contributed by atoms with E-state index in [1.54, 1.807) is 0 Å². The first-order valence-electron chi connectivity index (χ1n) is 7.80. The lowest BCUT2D eigenvalue weighted by Crippen LogP contribution is -2.32. The van der Waals surface area contributed by atoms with E-state index >= 15 is 0 Å². The minimum Gasteiger partial charge on any atom is -0.464 e. The van der Waals surface area contributed by atoms with Crippen molar-refractivity contribution in [1.82, 2.24) is 9.88 Å². The fourth-order valence-corrected chi connectivity index (χ4v) is 3.24. The van der Waals surface area contributed by atoms with E-state index in [0.29, 0.717) is 5.01 Å². The van der Waals surface area contributed by atoms with Gasteiger partial charge in [0.1, 0.15) is 5.01 Å². The Morgan fingerprint density at radius 3 is 2.69 bits per heavy atom. The van der Waals surface area contributed by atoms with Crippen LogP contribution >= 0.6 is 11.3 Å². The molecule has 1 aliphatic carbocycles. The van der Waals surface area contributed by atoms with Crippen LogP contribution in [0.2, 0.25) is 0 Å². The fourth-order valence-electron chi connectivity index (χ4n) is 2.47. The third kappa shape index (κ3) is 4.04. The van der Waals surface area contributed by atoms with E-state index in [0.717, 1.165) is 25.0 Å². The number of hydrogen-bond acceptors (Lipinski definition) is 5. The fraction of sp³-hybridized carbons (Fsp3) is 0.353. The van der Waals surface area contributed by atoms with Gasteiger partial charge in [-0.25, -0.2) is 9.78 Å². The molecule has 1 amide bonds. The molecule has 3 rings (SSSR count). The number of benzene rings is 1. The van der Waals surface area contributed by atoms with E-state index in [-0.39, 0.29) is 23.8 Å². The van der Waals surface area contributed by atoms with Crippen LogP contribution in [-0.2, 0) is 17.5 Å². The molecular weight excluding hydrogens is 369 g/mol. The standard InChI is InChI=1S/C17H15F3N2O3S/c1-25-16(24)13-9-26-14(21-13)8-22(12-5-6-12)15(23)10-3-2-4-11(7-10)17(18,19)20/h2-4,7,9,12H,5-6,8H2,1H3. The number of ether oxygens (including phenoxy) is 1. The van der Waals surface area contributed by atoms with Crippen LogP contribution in [0.15, 0.2) is 29.6 Å². The molecule has 138 valence electrons. The van der Waals surface area contributed by atoms with Crippen LogP contribution in [0, 0.1) is 0 Å². The van der Waals surface area contributed by atoms with Crippen molar-refractivity contribution >= 4 is 23.2 Å². The molecule has 2 aromatic rings. The summed E-state index contributed by atoms with van der Waals surface area (Å²) in [5.41, 5.74) is -0.729. The summed E-state index contributed by atoms with van der Waals surface area (Å²) >= 11 is 1.20. The van der Waals surface area contributed by atoms with Crippen molar-refractivity contribution in [3.8, 4) is 0 Å². The summed E-state index contributed by atoms with van der Waals surface area (Å²) in [6, 6.07) is 4.36. The molecule has 0 bridgehead atoms. The topological polar surface area (TPSA) is 59.5 Å². The second-order valence-electron chi connectivity index (χ2n) is 5.86. The van der Waals surface area contributed by atoms with Crippen LogP contribution in [0.5, 0.6) is 0 Å². The summed E-state index contributed by atoms with van der Waals surface area (Å²) in [4.78, 5) is 29.9. The number of carbonyl (C=O) groups is 2. The normalized spacial score (nSPS) is 14.2. The van der Waals surface area contributed by atoms with Crippen molar-refractivity contribution < 1.29 is 27.5 Å². The molecule has 26 heavy (non-hydrogen) atoms. The average molecular weight is 384 g/mol. The zero-order valence-corrected chi connectivity index (χ0v) is 14.6. The first kappa shape index (κ1) is 18.4. The molecule has 0 unspecified atom stereocenters.